The van der Waals surface area contributed by atoms with E-state index < -0.39 is 0 Å². The Balaban J connectivity index is 1.37. The zero-order valence-electron chi connectivity index (χ0n) is 18.4. The fourth-order valence-corrected chi connectivity index (χ4v) is 4.75. The molecule has 0 spiro atoms. The van der Waals surface area contributed by atoms with Gasteiger partial charge in [0, 0.05) is 20.1 Å². The van der Waals surface area contributed by atoms with Crippen molar-refractivity contribution in [3.05, 3.63) is 87.6 Å². The Morgan fingerprint density at radius 3 is 2.38 bits per heavy atom. The maximum absolute atomic E-state index is 12.9. The fourth-order valence-electron chi connectivity index (χ4n) is 4.05. The van der Waals surface area contributed by atoms with Gasteiger partial charge in [-0.2, -0.15) is 0 Å². The van der Waals surface area contributed by atoms with Crippen molar-refractivity contribution in [2.45, 2.75) is 32.4 Å². The molecule has 2 amide bonds. The quantitative estimate of drug-likeness (QED) is 0.558. The van der Waals surface area contributed by atoms with Crippen LogP contribution in [0.15, 0.2) is 66.0 Å². The summed E-state index contributed by atoms with van der Waals surface area (Å²) in [5.41, 5.74) is 3.45. The van der Waals surface area contributed by atoms with Gasteiger partial charge >= 0.3 is 0 Å². The third-order valence-electron chi connectivity index (χ3n) is 5.88. The van der Waals surface area contributed by atoms with Crippen molar-refractivity contribution >= 4 is 28.8 Å². The number of benzene rings is 2. The molecule has 166 valence electrons. The lowest BCUT2D eigenvalue weighted by Crippen LogP contribution is -2.30. The van der Waals surface area contributed by atoms with Crippen LogP contribution in [0.3, 0.4) is 0 Å². The second-order valence-electron chi connectivity index (χ2n) is 8.19. The summed E-state index contributed by atoms with van der Waals surface area (Å²) in [7, 11) is 1.70. The van der Waals surface area contributed by atoms with Crippen molar-refractivity contribution in [2.75, 3.05) is 25.0 Å². The third-order valence-corrected chi connectivity index (χ3v) is 6.74. The molecule has 5 nitrogen and oxygen atoms in total. The van der Waals surface area contributed by atoms with Crippen LogP contribution in [0.4, 0.5) is 5.69 Å². The predicted octanol–water partition coefficient (Wildman–Crippen LogP) is 4.94. The molecule has 0 radical (unpaired) electrons. The monoisotopic (exact) mass is 447 g/mol. The van der Waals surface area contributed by atoms with Crippen LogP contribution in [-0.4, -0.2) is 36.9 Å². The van der Waals surface area contributed by atoms with Crippen LogP contribution in [0, 0.1) is 0 Å². The third kappa shape index (κ3) is 5.44. The van der Waals surface area contributed by atoms with Gasteiger partial charge in [-0.1, -0.05) is 48.9 Å². The van der Waals surface area contributed by atoms with Crippen LogP contribution in [0.5, 0.6) is 0 Å². The molecule has 0 saturated carbocycles. The Hall–Kier alpha value is -2.96. The minimum Gasteiger partial charge on any atom is -0.348 e. The zero-order valence-corrected chi connectivity index (χ0v) is 19.2. The van der Waals surface area contributed by atoms with Gasteiger partial charge in [-0.15, -0.1) is 11.3 Å². The van der Waals surface area contributed by atoms with E-state index in [9.17, 15) is 9.59 Å². The highest BCUT2D eigenvalue weighted by atomic mass is 32.1. The summed E-state index contributed by atoms with van der Waals surface area (Å²) in [6, 6.07) is 19.3. The number of anilines is 1. The molecule has 3 aromatic rings. The Morgan fingerprint density at radius 1 is 0.938 bits per heavy atom. The van der Waals surface area contributed by atoms with Crippen LogP contribution >= 0.6 is 11.3 Å². The van der Waals surface area contributed by atoms with E-state index in [0.29, 0.717) is 22.7 Å². The smallest absolute Gasteiger partial charge is 0.268 e. The van der Waals surface area contributed by atoms with Gasteiger partial charge in [-0.25, -0.2) is 0 Å². The van der Waals surface area contributed by atoms with Crippen molar-refractivity contribution < 1.29 is 9.59 Å². The summed E-state index contributed by atoms with van der Waals surface area (Å²) in [6.45, 7) is 3.80. The minimum absolute atomic E-state index is 0.121. The topological polar surface area (TPSA) is 52.7 Å². The first-order valence-corrected chi connectivity index (χ1v) is 12.0. The predicted molar refractivity (Wildman–Crippen MR) is 130 cm³/mol. The van der Waals surface area contributed by atoms with Crippen LogP contribution in [-0.2, 0) is 13.1 Å². The van der Waals surface area contributed by atoms with Gasteiger partial charge in [0.05, 0.1) is 16.1 Å². The number of rotatable bonds is 7. The minimum atomic E-state index is -0.191. The molecule has 32 heavy (non-hydrogen) atoms. The van der Waals surface area contributed by atoms with E-state index in [2.05, 4.69) is 34.5 Å². The van der Waals surface area contributed by atoms with Gasteiger partial charge in [0.25, 0.3) is 11.8 Å². The number of nitrogens with zero attached hydrogens (tertiary/aromatic N) is 2. The lowest BCUT2D eigenvalue weighted by molar-refractivity contribution is 0.0951. The number of para-hydroxylation sites is 1. The van der Waals surface area contributed by atoms with Crippen molar-refractivity contribution in [3.63, 3.8) is 0 Å². The second kappa shape index (κ2) is 10.6. The summed E-state index contributed by atoms with van der Waals surface area (Å²) in [5.74, 6) is -0.312. The van der Waals surface area contributed by atoms with Crippen molar-refractivity contribution in [2.24, 2.45) is 0 Å². The van der Waals surface area contributed by atoms with Gasteiger partial charge in [0.15, 0.2) is 0 Å². The largest absolute Gasteiger partial charge is 0.348 e. The van der Waals surface area contributed by atoms with Gasteiger partial charge in [-0.3, -0.25) is 14.5 Å². The summed E-state index contributed by atoms with van der Waals surface area (Å²) < 4.78 is 0. The first-order valence-electron chi connectivity index (χ1n) is 11.1. The number of amides is 2. The van der Waals surface area contributed by atoms with E-state index >= 15 is 0 Å². The van der Waals surface area contributed by atoms with E-state index in [1.54, 1.807) is 25.2 Å². The van der Waals surface area contributed by atoms with Crippen molar-refractivity contribution in [1.82, 2.24) is 10.2 Å². The van der Waals surface area contributed by atoms with Crippen LogP contribution in [0.2, 0.25) is 0 Å². The van der Waals surface area contributed by atoms with E-state index in [1.165, 1.54) is 54.2 Å². The lowest BCUT2D eigenvalue weighted by atomic mass is 10.1. The number of thiophene rings is 1. The number of carbonyl (C=O) groups is 2. The summed E-state index contributed by atoms with van der Waals surface area (Å²) >= 11 is 1.39. The molecule has 6 heteroatoms. The lowest BCUT2D eigenvalue weighted by Gasteiger charge is -2.26. The first-order chi connectivity index (χ1) is 15.6. The molecule has 1 aromatic heterocycles. The molecule has 1 fully saturated rings. The average Bonchev–Trinajstić information content (AvgIpc) is 3.38. The van der Waals surface area contributed by atoms with Crippen LogP contribution in [0.25, 0.3) is 0 Å². The number of hydrogen-bond donors (Lipinski definition) is 1. The molecule has 0 atom stereocenters. The highest BCUT2D eigenvalue weighted by Gasteiger charge is 2.20. The average molecular weight is 448 g/mol. The second-order valence-corrected chi connectivity index (χ2v) is 9.14. The first kappa shape index (κ1) is 22.2. The Morgan fingerprint density at radius 2 is 1.66 bits per heavy atom. The number of carbonyl (C=O) groups excluding carboxylic acids is 2. The maximum atomic E-state index is 12.9. The summed E-state index contributed by atoms with van der Waals surface area (Å²) in [5, 5.41) is 4.87. The van der Waals surface area contributed by atoms with E-state index in [4.69, 9.17) is 0 Å². The van der Waals surface area contributed by atoms with E-state index in [0.717, 1.165) is 12.1 Å². The Bertz CT molecular complexity index is 1040. The van der Waals surface area contributed by atoms with Gasteiger partial charge in [-0.05, 0) is 60.6 Å². The molecule has 1 saturated heterocycles. The van der Waals surface area contributed by atoms with Crippen LogP contribution < -0.4 is 10.2 Å². The van der Waals surface area contributed by atoms with E-state index in [-0.39, 0.29) is 11.8 Å². The maximum Gasteiger partial charge on any atom is 0.268 e. The molecule has 2 heterocycles. The Kier molecular flexibility index (Phi) is 7.35. The Labute approximate surface area is 193 Å². The highest BCUT2D eigenvalue weighted by molar-refractivity contribution is 7.12. The molecular weight excluding hydrogens is 418 g/mol. The number of nitrogens with one attached hydrogen (secondary N) is 1. The zero-order chi connectivity index (χ0) is 22.3. The summed E-state index contributed by atoms with van der Waals surface area (Å²) in [4.78, 5) is 30.4. The number of likely N-dealkylation sites (tertiary alicyclic amines) is 1. The van der Waals surface area contributed by atoms with E-state index in [1.807, 2.05) is 23.6 Å². The number of piperidine rings is 1. The molecule has 2 aromatic carbocycles. The molecule has 1 aliphatic rings. The normalized spacial score (nSPS) is 14.2. The molecule has 0 aliphatic carbocycles. The molecule has 4 rings (SSSR count). The van der Waals surface area contributed by atoms with Gasteiger partial charge < -0.3 is 10.2 Å². The SMILES string of the molecule is CN(C(=O)c1cccs1)c1ccccc1C(=O)NCc1ccc(CN2CCCCC2)cc1. The molecule has 1 aliphatic heterocycles. The van der Waals surface area contributed by atoms with Gasteiger partial charge in [0.2, 0.25) is 0 Å². The van der Waals surface area contributed by atoms with Crippen molar-refractivity contribution in [1.29, 1.82) is 0 Å². The van der Waals surface area contributed by atoms with Crippen molar-refractivity contribution in [3.8, 4) is 0 Å². The highest BCUT2D eigenvalue weighted by Crippen LogP contribution is 2.23. The molecule has 1 N–H and O–H groups in total. The summed E-state index contributed by atoms with van der Waals surface area (Å²) in [6.07, 6.45) is 3.93. The molecule has 0 unspecified atom stereocenters. The molecular formula is C26H29N3O2S. The molecule has 0 bridgehead atoms. The van der Waals surface area contributed by atoms with Crippen LogP contribution in [0.1, 0.15) is 50.4 Å². The number of hydrogen-bond acceptors (Lipinski definition) is 4. The van der Waals surface area contributed by atoms with Gasteiger partial charge in [0.1, 0.15) is 0 Å². The fraction of sp³-hybridized carbons (Fsp3) is 0.308. The standard InChI is InChI=1S/C26H29N3O2S/c1-28(26(31)24-10-7-17-32-24)23-9-4-3-8-22(23)25(30)27-18-20-11-13-21(14-12-20)19-29-15-5-2-6-16-29/h3-4,7-14,17H,2,5-6,15-16,18-19H2,1H3,(H,27,30).